The van der Waals surface area contributed by atoms with E-state index in [1.807, 2.05) is 5.01 Å². The molecule has 0 heterocycles. The van der Waals surface area contributed by atoms with Gasteiger partial charge in [-0.25, -0.2) is 5.01 Å². The van der Waals surface area contributed by atoms with Crippen molar-refractivity contribution < 1.29 is 0 Å². The van der Waals surface area contributed by atoms with Gasteiger partial charge >= 0.3 is 0 Å². The number of hydrazine groups is 3. The smallest absolute Gasteiger partial charge is 0.0203 e. The van der Waals surface area contributed by atoms with Crippen LogP contribution in [0.4, 0.5) is 0 Å². The highest BCUT2D eigenvalue weighted by molar-refractivity contribution is 4.59. The lowest BCUT2D eigenvalue weighted by atomic mass is 10.3. The van der Waals surface area contributed by atoms with Gasteiger partial charge in [-0.2, -0.15) is 5.53 Å². The zero-order chi connectivity index (χ0) is 9.44. The largest absolute Gasteiger partial charge is 0.274 e. The summed E-state index contributed by atoms with van der Waals surface area (Å²) in [5.41, 5.74) is 2.63. The molecule has 0 unspecified atom stereocenters. The molecule has 0 aliphatic carbocycles. The summed E-state index contributed by atoms with van der Waals surface area (Å²) in [6.45, 7) is 8.39. The number of nitrogens with two attached hydrogens (primary N) is 3. The van der Waals surface area contributed by atoms with Crippen molar-refractivity contribution in [2.24, 2.45) is 17.5 Å². The average Bonchev–Trinajstić information content (AvgIpc) is 1.91. The van der Waals surface area contributed by atoms with Gasteiger partial charge < -0.3 is 0 Å². The second-order valence-corrected chi connectivity index (χ2v) is 2.72. The minimum atomic E-state index is 0.454. The molecular formula is C6H21N5. The Kier molecular flexibility index (Phi) is 9.62. The molecule has 0 amide bonds. The third-order valence-electron chi connectivity index (χ3n) is 1.26. The van der Waals surface area contributed by atoms with Crippen molar-refractivity contribution in [3.63, 3.8) is 0 Å². The van der Waals surface area contributed by atoms with Crippen molar-refractivity contribution in [3.8, 4) is 0 Å². The van der Waals surface area contributed by atoms with Gasteiger partial charge in [0, 0.05) is 12.1 Å². The standard InChI is InChI=1S/C6H17N3.H4N2/c1-5(2)9(8-7)6(3)4;1-2/h5-6,8H,7H2,1-4H3;1-2H2. The lowest BCUT2D eigenvalue weighted by Crippen LogP contribution is -2.50. The molecule has 0 aromatic heterocycles. The van der Waals surface area contributed by atoms with Crippen molar-refractivity contribution in [2.45, 2.75) is 39.8 Å². The summed E-state index contributed by atoms with van der Waals surface area (Å²) in [7, 11) is 0. The van der Waals surface area contributed by atoms with Gasteiger partial charge in [0.15, 0.2) is 0 Å². The van der Waals surface area contributed by atoms with Gasteiger partial charge in [0.05, 0.1) is 0 Å². The second-order valence-electron chi connectivity index (χ2n) is 2.72. The summed E-state index contributed by atoms with van der Waals surface area (Å²) in [5, 5.41) is 1.99. The highest BCUT2D eigenvalue weighted by atomic mass is 15.6. The molecule has 0 spiro atoms. The Labute approximate surface area is 68.8 Å². The van der Waals surface area contributed by atoms with E-state index in [4.69, 9.17) is 5.84 Å². The molecule has 70 valence electrons. The first-order chi connectivity index (χ1) is 5.09. The zero-order valence-electron chi connectivity index (χ0n) is 7.83. The van der Waals surface area contributed by atoms with E-state index in [1.165, 1.54) is 0 Å². The molecule has 0 aliphatic rings. The molecule has 0 radical (unpaired) electrons. The Morgan fingerprint density at radius 1 is 1.00 bits per heavy atom. The van der Waals surface area contributed by atoms with Gasteiger partial charge in [0.25, 0.3) is 0 Å². The molecule has 0 saturated heterocycles. The van der Waals surface area contributed by atoms with E-state index in [-0.39, 0.29) is 0 Å². The van der Waals surface area contributed by atoms with E-state index < -0.39 is 0 Å². The molecule has 0 aliphatic heterocycles. The van der Waals surface area contributed by atoms with Gasteiger partial charge in [-0.1, -0.05) is 0 Å². The van der Waals surface area contributed by atoms with Crippen LogP contribution in [-0.2, 0) is 0 Å². The molecule has 0 bridgehead atoms. The summed E-state index contributed by atoms with van der Waals surface area (Å²) >= 11 is 0. The van der Waals surface area contributed by atoms with Crippen LogP contribution < -0.4 is 23.1 Å². The maximum Gasteiger partial charge on any atom is 0.0203 e. The van der Waals surface area contributed by atoms with E-state index in [0.717, 1.165) is 0 Å². The summed E-state index contributed by atoms with van der Waals surface area (Å²) < 4.78 is 0. The van der Waals surface area contributed by atoms with Gasteiger partial charge in [0.2, 0.25) is 0 Å². The average molecular weight is 163 g/mol. The van der Waals surface area contributed by atoms with Crippen LogP contribution in [0.5, 0.6) is 0 Å². The first-order valence-corrected chi connectivity index (χ1v) is 3.67. The summed E-state index contributed by atoms with van der Waals surface area (Å²) in [6, 6.07) is 0.907. The number of nitrogens with one attached hydrogen (secondary N) is 1. The number of hydrogen-bond donors (Lipinski definition) is 4. The maximum absolute atomic E-state index is 5.25. The van der Waals surface area contributed by atoms with E-state index in [0.29, 0.717) is 12.1 Å². The van der Waals surface area contributed by atoms with Crippen LogP contribution in [0, 0.1) is 0 Å². The lowest BCUT2D eigenvalue weighted by molar-refractivity contribution is 0.104. The lowest BCUT2D eigenvalue weighted by Gasteiger charge is -2.28. The quantitative estimate of drug-likeness (QED) is 0.326. The fourth-order valence-electron chi connectivity index (χ4n) is 0.894. The summed E-state index contributed by atoms with van der Waals surface area (Å²) in [6.07, 6.45) is 0. The van der Waals surface area contributed by atoms with E-state index in [1.54, 1.807) is 0 Å². The summed E-state index contributed by atoms with van der Waals surface area (Å²) in [5.74, 6) is 13.3. The molecule has 5 heteroatoms. The normalized spacial score (nSPS) is 10.4. The Balaban J connectivity index is 0. The summed E-state index contributed by atoms with van der Waals surface area (Å²) in [4.78, 5) is 0. The molecule has 11 heavy (non-hydrogen) atoms. The molecule has 5 nitrogen and oxygen atoms in total. The van der Waals surface area contributed by atoms with Crippen molar-refractivity contribution in [3.05, 3.63) is 0 Å². The highest BCUT2D eigenvalue weighted by Crippen LogP contribution is 1.97. The molecule has 0 fully saturated rings. The van der Waals surface area contributed by atoms with Gasteiger partial charge in [-0.05, 0) is 27.7 Å². The second kappa shape index (κ2) is 7.90. The number of nitrogens with zero attached hydrogens (tertiary/aromatic N) is 1. The van der Waals surface area contributed by atoms with Crippen LogP contribution in [0.1, 0.15) is 27.7 Å². The van der Waals surface area contributed by atoms with Crippen molar-refractivity contribution >= 4 is 0 Å². The van der Waals surface area contributed by atoms with Crippen LogP contribution in [0.3, 0.4) is 0 Å². The third kappa shape index (κ3) is 6.21. The van der Waals surface area contributed by atoms with Gasteiger partial charge in [-0.3, -0.25) is 17.5 Å². The molecular weight excluding hydrogens is 142 g/mol. The fraction of sp³-hybridized carbons (Fsp3) is 1.00. The number of hydrogen-bond acceptors (Lipinski definition) is 5. The predicted molar refractivity (Wildman–Crippen MR) is 47.8 cm³/mol. The molecule has 0 saturated carbocycles. The monoisotopic (exact) mass is 163 g/mol. The SMILES string of the molecule is CC(C)N(NN)C(C)C.NN. The van der Waals surface area contributed by atoms with Crippen LogP contribution in [0.15, 0.2) is 0 Å². The fourth-order valence-corrected chi connectivity index (χ4v) is 0.894. The molecule has 0 aromatic rings. The highest BCUT2D eigenvalue weighted by Gasteiger charge is 2.09. The van der Waals surface area contributed by atoms with E-state index >= 15 is 0 Å². The van der Waals surface area contributed by atoms with E-state index in [9.17, 15) is 0 Å². The van der Waals surface area contributed by atoms with E-state index in [2.05, 4.69) is 44.9 Å². The van der Waals surface area contributed by atoms with Crippen LogP contribution in [-0.4, -0.2) is 17.1 Å². The first kappa shape index (κ1) is 13.4. The Morgan fingerprint density at radius 2 is 1.27 bits per heavy atom. The van der Waals surface area contributed by atoms with Crippen LogP contribution in [0.25, 0.3) is 0 Å². The third-order valence-corrected chi connectivity index (χ3v) is 1.26. The predicted octanol–water partition coefficient (Wildman–Crippen LogP) is -0.698. The Morgan fingerprint density at radius 3 is 1.27 bits per heavy atom. The zero-order valence-corrected chi connectivity index (χ0v) is 7.83. The molecule has 7 N–H and O–H groups in total. The van der Waals surface area contributed by atoms with Crippen LogP contribution in [0.2, 0.25) is 0 Å². The van der Waals surface area contributed by atoms with Crippen molar-refractivity contribution in [1.29, 1.82) is 0 Å². The topological polar surface area (TPSA) is 93.3 Å². The van der Waals surface area contributed by atoms with Crippen molar-refractivity contribution in [2.75, 3.05) is 0 Å². The Bertz CT molecular complexity index is 65.4. The van der Waals surface area contributed by atoms with Crippen LogP contribution >= 0.6 is 0 Å². The Hall–Kier alpha value is -0.200. The minimum Gasteiger partial charge on any atom is -0.274 e. The maximum atomic E-state index is 5.25. The van der Waals surface area contributed by atoms with Gasteiger partial charge in [-0.15, -0.1) is 0 Å². The first-order valence-electron chi connectivity index (χ1n) is 3.67. The molecule has 0 aromatic carbocycles. The minimum absolute atomic E-state index is 0.454. The molecule has 0 rings (SSSR count). The van der Waals surface area contributed by atoms with Crippen molar-refractivity contribution in [1.82, 2.24) is 10.5 Å². The number of rotatable bonds is 3. The molecule has 0 atom stereocenters. The van der Waals surface area contributed by atoms with Gasteiger partial charge in [0.1, 0.15) is 0 Å².